The molecule has 1 aromatic rings. The van der Waals surface area contributed by atoms with E-state index in [0.29, 0.717) is 6.04 Å². The fourth-order valence-electron chi connectivity index (χ4n) is 2.71. The maximum absolute atomic E-state index is 4.63. The first-order chi connectivity index (χ1) is 8.69. The van der Waals surface area contributed by atoms with Gasteiger partial charge in [0.15, 0.2) is 0 Å². The summed E-state index contributed by atoms with van der Waals surface area (Å²) in [6, 6.07) is 2.84. The minimum absolute atomic E-state index is 0.562. The summed E-state index contributed by atoms with van der Waals surface area (Å²) in [6.45, 7) is 9.87. The van der Waals surface area contributed by atoms with Crippen molar-refractivity contribution in [1.82, 2.24) is 15.1 Å². The summed E-state index contributed by atoms with van der Waals surface area (Å²) >= 11 is 0. The Morgan fingerprint density at radius 3 is 2.33 bits per heavy atom. The SMILES string of the molecule is CCc1cc(CC(NC)C(CC)CC)n(CC)n1. The molecule has 0 fully saturated rings. The van der Waals surface area contributed by atoms with Gasteiger partial charge in [-0.2, -0.15) is 5.10 Å². The van der Waals surface area contributed by atoms with Crippen LogP contribution in [0.3, 0.4) is 0 Å². The molecule has 0 spiro atoms. The molecule has 1 rings (SSSR count). The summed E-state index contributed by atoms with van der Waals surface area (Å²) in [7, 11) is 2.08. The zero-order valence-electron chi connectivity index (χ0n) is 12.7. The number of nitrogens with one attached hydrogen (secondary N) is 1. The topological polar surface area (TPSA) is 29.9 Å². The number of hydrogen-bond acceptors (Lipinski definition) is 2. The first-order valence-electron chi connectivity index (χ1n) is 7.42. The van der Waals surface area contributed by atoms with E-state index in [1.54, 1.807) is 0 Å². The molecule has 0 aliphatic carbocycles. The lowest BCUT2D eigenvalue weighted by Crippen LogP contribution is -2.35. The lowest BCUT2D eigenvalue weighted by molar-refractivity contribution is 0.343. The highest BCUT2D eigenvalue weighted by Gasteiger charge is 2.19. The van der Waals surface area contributed by atoms with Crippen LogP contribution >= 0.6 is 0 Å². The van der Waals surface area contributed by atoms with E-state index < -0.39 is 0 Å². The number of rotatable bonds is 8. The largest absolute Gasteiger partial charge is 0.316 e. The summed E-state index contributed by atoms with van der Waals surface area (Å²) in [4.78, 5) is 0. The minimum Gasteiger partial charge on any atom is -0.316 e. The summed E-state index contributed by atoms with van der Waals surface area (Å²) in [5.74, 6) is 0.750. The van der Waals surface area contributed by atoms with Gasteiger partial charge in [0.25, 0.3) is 0 Å². The van der Waals surface area contributed by atoms with Gasteiger partial charge in [-0.3, -0.25) is 4.68 Å². The second-order valence-corrected chi connectivity index (χ2v) is 4.97. The van der Waals surface area contributed by atoms with Gasteiger partial charge in [-0.1, -0.05) is 33.6 Å². The van der Waals surface area contributed by atoms with Crippen LogP contribution in [0.4, 0.5) is 0 Å². The quantitative estimate of drug-likeness (QED) is 0.769. The third kappa shape index (κ3) is 3.58. The molecule has 1 unspecified atom stereocenters. The molecule has 1 aromatic heterocycles. The van der Waals surface area contributed by atoms with Gasteiger partial charge < -0.3 is 5.32 Å². The summed E-state index contributed by atoms with van der Waals surface area (Å²) in [5.41, 5.74) is 2.59. The minimum atomic E-state index is 0.562. The summed E-state index contributed by atoms with van der Waals surface area (Å²) in [6.07, 6.45) is 4.59. The zero-order chi connectivity index (χ0) is 13.5. The van der Waals surface area contributed by atoms with Crippen molar-refractivity contribution in [3.8, 4) is 0 Å². The van der Waals surface area contributed by atoms with E-state index in [1.165, 1.54) is 24.2 Å². The molecular formula is C15H29N3. The molecule has 0 aromatic carbocycles. The molecule has 1 N–H and O–H groups in total. The van der Waals surface area contributed by atoms with Crippen molar-refractivity contribution in [2.45, 2.75) is 66.0 Å². The predicted molar refractivity (Wildman–Crippen MR) is 77.9 cm³/mol. The lowest BCUT2D eigenvalue weighted by atomic mass is 9.91. The Bertz CT molecular complexity index is 340. The van der Waals surface area contributed by atoms with Crippen LogP contribution in [0.2, 0.25) is 0 Å². The van der Waals surface area contributed by atoms with Crippen LogP contribution in [-0.4, -0.2) is 22.9 Å². The number of nitrogens with zero attached hydrogens (tertiary/aromatic N) is 2. The van der Waals surface area contributed by atoms with Gasteiger partial charge in [0.05, 0.1) is 5.69 Å². The van der Waals surface area contributed by atoms with Gasteiger partial charge in [0, 0.05) is 24.7 Å². The molecule has 0 aliphatic heterocycles. The van der Waals surface area contributed by atoms with Crippen molar-refractivity contribution in [3.63, 3.8) is 0 Å². The Hall–Kier alpha value is -0.830. The smallest absolute Gasteiger partial charge is 0.0624 e. The van der Waals surface area contributed by atoms with E-state index in [1.807, 2.05) is 0 Å². The predicted octanol–water partition coefficient (Wildman–Crippen LogP) is 3.03. The number of likely N-dealkylation sites (N-methyl/N-ethyl adjacent to an activating group) is 1. The van der Waals surface area contributed by atoms with Crippen LogP contribution in [0.25, 0.3) is 0 Å². The fraction of sp³-hybridized carbons (Fsp3) is 0.800. The molecule has 0 saturated heterocycles. The van der Waals surface area contributed by atoms with Crippen LogP contribution in [0.15, 0.2) is 6.07 Å². The van der Waals surface area contributed by atoms with E-state index >= 15 is 0 Å². The zero-order valence-corrected chi connectivity index (χ0v) is 12.7. The molecular weight excluding hydrogens is 222 g/mol. The molecule has 3 nitrogen and oxygen atoms in total. The van der Waals surface area contributed by atoms with E-state index in [9.17, 15) is 0 Å². The maximum Gasteiger partial charge on any atom is 0.0624 e. The Kier molecular flexibility index (Phi) is 6.41. The van der Waals surface area contributed by atoms with E-state index in [2.05, 4.69) is 55.9 Å². The first kappa shape index (κ1) is 15.2. The lowest BCUT2D eigenvalue weighted by Gasteiger charge is -2.25. The number of aryl methyl sites for hydroxylation is 2. The molecule has 0 radical (unpaired) electrons. The van der Waals surface area contributed by atoms with E-state index in [4.69, 9.17) is 0 Å². The standard InChI is InChI=1S/C15H29N3/c1-6-12(7-2)15(16-5)11-14-10-13(8-3)17-18(14)9-4/h10,12,15-16H,6-9,11H2,1-5H3. The van der Waals surface area contributed by atoms with Gasteiger partial charge in [-0.15, -0.1) is 0 Å². The average molecular weight is 251 g/mol. The van der Waals surface area contributed by atoms with Crippen molar-refractivity contribution >= 4 is 0 Å². The van der Waals surface area contributed by atoms with Gasteiger partial charge in [-0.25, -0.2) is 0 Å². The molecule has 0 saturated carbocycles. The van der Waals surface area contributed by atoms with Gasteiger partial charge in [-0.05, 0) is 32.4 Å². The summed E-state index contributed by atoms with van der Waals surface area (Å²) in [5, 5.41) is 8.12. The Labute approximate surface area is 112 Å². The highest BCUT2D eigenvalue weighted by atomic mass is 15.3. The van der Waals surface area contributed by atoms with Gasteiger partial charge in [0.1, 0.15) is 0 Å². The third-order valence-corrected chi connectivity index (χ3v) is 3.99. The van der Waals surface area contributed by atoms with E-state index in [0.717, 1.165) is 25.3 Å². The molecule has 3 heteroatoms. The van der Waals surface area contributed by atoms with Crippen molar-refractivity contribution in [3.05, 3.63) is 17.5 Å². The Balaban J connectivity index is 2.83. The monoisotopic (exact) mass is 251 g/mol. The van der Waals surface area contributed by atoms with Crippen molar-refractivity contribution in [2.24, 2.45) is 5.92 Å². The molecule has 1 heterocycles. The maximum atomic E-state index is 4.63. The molecule has 0 aliphatic rings. The van der Waals surface area contributed by atoms with Crippen molar-refractivity contribution in [1.29, 1.82) is 0 Å². The number of aromatic nitrogens is 2. The molecule has 0 bridgehead atoms. The number of hydrogen-bond donors (Lipinski definition) is 1. The molecule has 18 heavy (non-hydrogen) atoms. The van der Waals surface area contributed by atoms with Crippen molar-refractivity contribution < 1.29 is 0 Å². The van der Waals surface area contributed by atoms with E-state index in [-0.39, 0.29) is 0 Å². The highest BCUT2D eigenvalue weighted by molar-refractivity contribution is 5.12. The first-order valence-corrected chi connectivity index (χ1v) is 7.42. The van der Waals surface area contributed by atoms with Gasteiger partial charge >= 0.3 is 0 Å². The van der Waals surface area contributed by atoms with Crippen LogP contribution in [0.1, 0.15) is 51.9 Å². The van der Waals surface area contributed by atoms with Crippen molar-refractivity contribution in [2.75, 3.05) is 7.05 Å². The molecule has 104 valence electrons. The normalized spacial score (nSPS) is 13.2. The second-order valence-electron chi connectivity index (χ2n) is 4.97. The van der Waals surface area contributed by atoms with Crippen LogP contribution in [0.5, 0.6) is 0 Å². The molecule has 0 amide bonds. The Morgan fingerprint density at radius 1 is 1.22 bits per heavy atom. The third-order valence-electron chi connectivity index (χ3n) is 3.99. The Morgan fingerprint density at radius 2 is 1.89 bits per heavy atom. The second kappa shape index (κ2) is 7.57. The van der Waals surface area contributed by atoms with Crippen LogP contribution in [0, 0.1) is 5.92 Å². The highest BCUT2D eigenvalue weighted by Crippen LogP contribution is 2.18. The van der Waals surface area contributed by atoms with Crippen LogP contribution < -0.4 is 5.32 Å². The summed E-state index contributed by atoms with van der Waals surface area (Å²) < 4.78 is 2.16. The molecule has 1 atom stereocenters. The average Bonchev–Trinajstić information content (AvgIpc) is 2.81. The van der Waals surface area contributed by atoms with Gasteiger partial charge in [0.2, 0.25) is 0 Å². The van der Waals surface area contributed by atoms with Crippen LogP contribution in [-0.2, 0) is 19.4 Å². The fourth-order valence-corrected chi connectivity index (χ4v) is 2.71.